The Labute approximate surface area is 73.7 Å². The van der Waals surface area contributed by atoms with Gasteiger partial charge in [-0.1, -0.05) is 6.08 Å². The third kappa shape index (κ3) is 0.720. The first kappa shape index (κ1) is 6.45. The zero-order valence-corrected chi connectivity index (χ0v) is 6.93. The molecule has 1 unspecified atom stereocenters. The minimum absolute atomic E-state index is 0.151. The normalized spacial score (nSPS) is 30.0. The minimum Gasteiger partial charge on any atom is -0.310 e. The van der Waals surface area contributed by atoms with E-state index in [4.69, 9.17) is 0 Å². The average molecular weight is 178 g/mol. The van der Waals surface area contributed by atoms with Crippen LogP contribution in [-0.2, 0) is 0 Å². The highest BCUT2D eigenvalue weighted by atomic mass is 32.2. The van der Waals surface area contributed by atoms with Crippen molar-refractivity contribution in [3.8, 4) is 0 Å². The summed E-state index contributed by atoms with van der Waals surface area (Å²) in [7, 11) is 0. The molecule has 0 amide bonds. The molecule has 0 saturated carbocycles. The molecule has 1 aliphatic carbocycles. The third-order valence-electron chi connectivity index (χ3n) is 1.97. The number of aliphatic imine (C=N–C) groups is 2. The van der Waals surface area contributed by atoms with Gasteiger partial charge in [-0.15, -0.1) is 0 Å². The van der Waals surface area contributed by atoms with Crippen molar-refractivity contribution >= 4 is 24.0 Å². The molecule has 0 saturated heterocycles. The van der Waals surface area contributed by atoms with Gasteiger partial charge in [0, 0.05) is 0 Å². The van der Waals surface area contributed by atoms with Crippen LogP contribution in [0.1, 0.15) is 0 Å². The Morgan fingerprint density at radius 3 is 3.50 bits per heavy atom. The molecule has 1 atom stereocenters. The number of nitrogens with one attached hydrogen (secondary N) is 2. The van der Waals surface area contributed by atoms with Gasteiger partial charge in [-0.25, -0.2) is 4.99 Å². The third-order valence-corrected chi connectivity index (χ3v) is 2.80. The van der Waals surface area contributed by atoms with Gasteiger partial charge in [-0.2, -0.15) is 4.83 Å². The van der Waals surface area contributed by atoms with E-state index in [2.05, 4.69) is 20.2 Å². The van der Waals surface area contributed by atoms with Crippen molar-refractivity contribution < 1.29 is 0 Å². The molecule has 0 radical (unpaired) electrons. The van der Waals surface area contributed by atoms with Crippen molar-refractivity contribution in [1.82, 2.24) is 10.3 Å². The Morgan fingerprint density at radius 2 is 2.50 bits per heavy atom. The van der Waals surface area contributed by atoms with Crippen LogP contribution in [0, 0.1) is 0 Å². The van der Waals surface area contributed by atoms with Gasteiger partial charge in [0.2, 0.25) is 0 Å². The second-order valence-electron chi connectivity index (χ2n) is 2.65. The van der Waals surface area contributed by atoms with Gasteiger partial charge in [0.25, 0.3) is 0 Å². The molecule has 5 heteroatoms. The molecule has 12 heavy (non-hydrogen) atoms. The Bertz CT molecular complexity index is 352. The number of rotatable bonds is 0. The van der Waals surface area contributed by atoms with E-state index in [1.54, 1.807) is 18.3 Å². The van der Waals surface area contributed by atoms with E-state index < -0.39 is 0 Å². The molecule has 0 aromatic rings. The lowest BCUT2D eigenvalue weighted by Gasteiger charge is -2.11. The molecule has 2 N–H and O–H groups in total. The highest BCUT2D eigenvalue weighted by Gasteiger charge is 2.28. The number of fused-ring (bicyclic) bond motifs is 2. The molecule has 0 aromatic heterocycles. The molecule has 3 aliphatic rings. The van der Waals surface area contributed by atoms with E-state index in [-0.39, 0.29) is 6.04 Å². The van der Waals surface area contributed by atoms with Crippen LogP contribution >= 0.6 is 11.9 Å². The summed E-state index contributed by atoms with van der Waals surface area (Å²) >= 11 is 1.56. The zero-order chi connectivity index (χ0) is 7.97. The molecule has 60 valence electrons. The van der Waals surface area contributed by atoms with Crippen LogP contribution in [0.3, 0.4) is 0 Å². The summed E-state index contributed by atoms with van der Waals surface area (Å²) in [5.74, 6) is 0. The zero-order valence-electron chi connectivity index (χ0n) is 6.11. The molecule has 0 aromatic carbocycles. The maximum Gasteiger partial charge on any atom is 0.114 e. The van der Waals surface area contributed by atoms with E-state index in [0.717, 1.165) is 11.4 Å². The summed E-state index contributed by atoms with van der Waals surface area (Å²) < 4.78 is 0. The molecule has 0 bridgehead atoms. The predicted octanol–water partition coefficient (Wildman–Crippen LogP) is 0.375. The summed E-state index contributed by atoms with van der Waals surface area (Å²) in [6.45, 7) is 0. The first-order chi connectivity index (χ1) is 5.95. The van der Waals surface area contributed by atoms with Crippen LogP contribution in [0.15, 0.2) is 32.7 Å². The van der Waals surface area contributed by atoms with E-state index >= 15 is 0 Å². The highest BCUT2D eigenvalue weighted by molar-refractivity contribution is 8.02. The van der Waals surface area contributed by atoms with E-state index in [9.17, 15) is 0 Å². The van der Waals surface area contributed by atoms with Crippen LogP contribution in [0.2, 0.25) is 0 Å². The van der Waals surface area contributed by atoms with Crippen LogP contribution < -0.4 is 10.3 Å². The van der Waals surface area contributed by atoms with Crippen LogP contribution in [0.5, 0.6) is 0 Å². The fraction of sp³-hybridized carbons (Fsp3) is 0.143. The van der Waals surface area contributed by atoms with Crippen molar-refractivity contribution in [2.75, 3.05) is 0 Å². The van der Waals surface area contributed by atoms with E-state index in [1.807, 2.05) is 12.2 Å². The quantitative estimate of drug-likeness (QED) is 0.527. The van der Waals surface area contributed by atoms with Gasteiger partial charge < -0.3 is 5.43 Å². The summed E-state index contributed by atoms with van der Waals surface area (Å²) in [6.07, 6.45) is 5.70. The smallest absolute Gasteiger partial charge is 0.114 e. The molecular weight excluding hydrogens is 172 g/mol. The Balaban J connectivity index is 2.12. The topological polar surface area (TPSA) is 48.8 Å². The molecule has 0 fully saturated rings. The summed E-state index contributed by atoms with van der Waals surface area (Å²) in [6, 6.07) is 0.151. The number of hydrazine groups is 1. The standard InChI is InChI=1S/C7H6N4S/c1-2-5-7(12-11-10-5)6-4(1)8-3-9-6/h1-4,10-11H. The lowest BCUT2D eigenvalue weighted by molar-refractivity contribution is 0.851. The number of hydrogen-bond donors (Lipinski definition) is 2. The summed E-state index contributed by atoms with van der Waals surface area (Å²) in [5, 5.41) is 0. The SMILES string of the molecule is C1=CC2N=CN=C2C2=C1NNS2. The minimum atomic E-state index is 0.151. The van der Waals surface area contributed by atoms with Crippen molar-refractivity contribution in [2.45, 2.75) is 6.04 Å². The molecule has 3 rings (SSSR count). The molecule has 2 aliphatic heterocycles. The fourth-order valence-corrected chi connectivity index (χ4v) is 2.16. The monoisotopic (exact) mass is 178 g/mol. The van der Waals surface area contributed by atoms with Crippen LogP contribution in [0.4, 0.5) is 0 Å². The average Bonchev–Trinajstić information content (AvgIpc) is 2.71. The summed E-state index contributed by atoms with van der Waals surface area (Å²) in [4.78, 5) is 12.6. The van der Waals surface area contributed by atoms with E-state index in [1.165, 1.54) is 4.91 Å². The largest absolute Gasteiger partial charge is 0.310 e. The Kier molecular flexibility index (Phi) is 1.19. The highest BCUT2D eigenvalue weighted by Crippen LogP contribution is 2.30. The second-order valence-corrected chi connectivity index (χ2v) is 3.47. The lowest BCUT2D eigenvalue weighted by atomic mass is 10.1. The van der Waals surface area contributed by atoms with Gasteiger partial charge in [-0.3, -0.25) is 4.99 Å². The Morgan fingerprint density at radius 1 is 1.50 bits per heavy atom. The van der Waals surface area contributed by atoms with Gasteiger partial charge in [0.15, 0.2) is 0 Å². The first-order valence-corrected chi connectivity index (χ1v) is 4.47. The number of nitrogens with zero attached hydrogens (tertiary/aromatic N) is 2. The first-order valence-electron chi connectivity index (χ1n) is 3.65. The fourth-order valence-electron chi connectivity index (χ4n) is 1.39. The van der Waals surface area contributed by atoms with Crippen LogP contribution in [-0.4, -0.2) is 18.1 Å². The maximum atomic E-state index is 4.22. The van der Waals surface area contributed by atoms with Crippen molar-refractivity contribution in [1.29, 1.82) is 0 Å². The van der Waals surface area contributed by atoms with Gasteiger partial charge in [-0.05, 0) is 18.0 Å². The second kappa shape index (κ2) is 2.21. The predicted molar refractivity (Wildman–Crippen MR) is 49.7 cm³/mol. The van der Waals surface area contributed by atoms with Crippen LogP contribution in [0.25, 0.3) is 0 Å². The number of allylic oxidation sites excluding steroid dienone is 1. The van der Waals surface area contributed by atoms with Gasteiger partial charge in [0.05, 0.1) is 16.3 Å². The van der Waals surface area contributed by atoms with Crippen molar-refractivity contribution in [2.24, 2.45) is 9.98 Å². The molecule has 2 heterocycles. The molecule has 4 nitrogen and oxygen atoms in total. The molecule has 0 spiro atoms. The Hall–Kier alpha value is -1.07. The lowest BCUT2D eigenvalue weighted by Crippen LogP contribution is -2.20. The van der Waals surface area contributed by atoms with Crippen molar-refractivity contribution in [3.63, 3.8) is 0 Å². The maximum absolute atomic E-state index is 4.22. The summed E-state index contributed by atoms with van der Waals surface area (Å²) in [5.41, 5.74) is 5.19. The number of hydrogen-bond acceptors (Lipinski definition) is 5. The van der Waals surface area contributed by atoms with Crippen molar-refractivity contribution in [3.05, 3.63) is 22.8 Å². The van der Waals surface area contributed by atoms with Gasteiger partial charge >= 0.3 is 0 Å². The van der Waals surface area contributed by atoms with E-state index in [0.29, 0.717) is 0 Å². The molecular formula is C7H6N4S. The van der Waals surface area contributed by atoms with Gasteiger partial charge in [0.1, 0.15) is 12.4 Å².